The molecule has 2 heterocycles. The zero-order chi connectivity index (χ0) is 76.0. The molecule has 2 aromatic heterocycles. The Balaban J connectivity index is 0.877. The van der Waals surface area contributed by atoms with Gasteiger partial charge in [0.2, 0.25) is 0 Å². The smallest absolute Gasteiger partial charge is 0.145 e. The Kier molecular flexibility index (Phi) is 15.0. The van der Waals surface area contributed by atoms with Crippen LogP contribution in [0.5, 0.6) is 0 Å². The molecule has 0 atom stereocenters. The van der Waals surface area contributed by atoms with Crippen LogP contribution in [0.25, 0.3) is 221 Å². The fourth-order valence-corrected chi connectivity index (χ4v) is 19.9. The first-order chi connectivity index (χ1) is 56.9. The summed E-state index contributed by atoms with van der Waals surface area (Å²) in [6, 6.07) is 152. The first kappa shape index (κ1) is 66.1. The van der Waals surface area contributed by atoms with Gasteiger partial charge in [-0.1, -0.05) is 354 Å². The summed E-state index contributed by atoms with van der Waals surface area (Å²) >= 11 is 0. The number of aromatic nitrogens is 3. The Morgan fingerprint density at radius 3 is 1.04 bits per heavy atom. The number of imidazole rings is 1. The molecule has 0 spiro atoms. The summed E-state index contributed by atoms with van der Waals surface area (Å²) in [6.07, 6.45) is 0. The van der Waals surface area contributed by atoms with Gasteiger partial charge in [-0.05, 0) is 243 Å². The lowest BCUT2D eigenvalue weighted by Gasteiger charge is -2.29. The molecule has 115 heavy (non-hydrogen) atoms. The second-order valence-electron chi connectivity index (χ2n) is 31.4. The lowest BCUT2D eigenvalue weighted by Crippen LogP contribution is -2.14. The van der Waals surface area contributed by atoms with Crippen molar-refractivity contribution in [3.8, 4) is 134 Å². The summed E-state index contributed by atoms with van der Waals surface area (Å²) in [6.45, 7) is 4.77. The van der Waals surface area contributed by atoms with Gasteiger partial charge in [-0.15, -0.1) is 0 Å². The average Bonchev–Trinajstić information content (AvgIpc) is 1.50. The van der Waals surface area contributed by atoms with Gasteiger partial charge in [0, 0.05) is 33.1 Å². The largest absolute Gasteiger partial charge is 0.309 e. The van der Waals surface area contributed by atoms with Gasteiger partial charge in [0.05, 0.1) is 22.1 Å². The number of hydrogen-bond acceptors (Lipinski definition) is 1. The molecule has 3 nitrogen and oxygen atoms in total. The van der Waals surface area contributed by atoms with Gasteiger partial charge >= 0.3 is 0 Å². The normalized spacial score (nSPS) is 12.5. The molecule has 1 aliphatic rings. The molecule has 20 aromatic carbocycles. The van der Waals surface area contributed by atoms with E-state index in [1.807, 2.05) is 0 Å². The molecule has 23 rings (SSSR count). The lowest BCUT2D eigenvalue weighted by molar-refractivity contribution is 0.661. The molecule has 0 fully saturated rings. The number of nitrogens with zero attached hydrogens (tertiary/aromatic N) is 3. The minimum Gasteiger partial charge on any atom is -0.309 e. The Morgan fingerprint density at radius 2 is 0.557 bits per heavy atom. The van der Waals surface area contributed by atoms with Crippen molar-refractivity contribution in [2.24, 2.45) is 0 Å². The maximum absolute atomic E-state index is 5.57. The summed E-state index contributed by atoms with van der Waals surface area (Å²) < 4.78 is 4.81. The van der Waals surface area contributed by atoms with Gasteiger partial charge < -0.3 is 4.57 Å². The van der Waals surface area contributed by atoms with E-state index in [4.69, 9.17) is 4.98 Å². The molecular formula is C112H73N3. The van der Waals surface area contributed by atoms with E-state index in [-0.39, 0.29) is 5.41 Å². The summed E-state index contributed by atoms with van der Waals surface area (Å²) in [7, 11) is 0. The van der Waals surface area contributed by atoms with Gasteiger partial charge in [-0.2, -0.15) is 0 Å². The van der Waals surface area contributed by atoms with Crippen LogP contribution in [0.4, 0.5) is 0 Å². The second-order valence-corrected chi connectivity index (χ2v) is 31.4. The third-order valence-corrected chi connectivity index (χ3v) is 24.8. The van der Waals surface area contributed by atoms with Crippen LogP contribution in [0.1, 0.15) is 25.0 Å². The van der Waals surface area contributed by atoms with Gasteiger partial charge in [-0.3, -0.25) is 4.57 Å². The first-order valence-electron chi connectivity index (χ1n) is 40.0. The molecule has 0 N–H and O–H groups in total. The molecular weight excluding hydrogens is 1390 g/mol. The van der Waals surface area contributed by atoms with Gasteiger partial charge in [0.15, 0.2) is 0 Å². The van der Waals surface area contributed by atoms with E-state index in [0.29, 0.717) is 0 Å². The molecule has 0 bridgehead atoms. The number of rotatable bonds is 12. The molecule has 0 aliphatic heterocycles. The van der Waals surface area contributed by atoms with Crippen molar-refractivity contribution in [2.45, 2.75) is 19.3 Å². The minimum absolute atomic E-state index is 0.155. The highest BCUT2D eigenvalue weighted by atomic mass is 15.1. The number of hydrogen-bond donors (Lipinski definition) is 0. The lowest BCUT2D eigenvalue weighted by atomic mass is 9.73. The molecule has 1 aliphatic carbocycles. The standard InChI is InChI=1S/C112H73N3/c1-112(2)91-57-28-27-52-83(91)88-68-90-89-67-78(64-65-94(89)114(96(90)69-92(88)112)81-48-23-9-24-49-81)70-60-62-77(63-61-70)103-99(73-38-15-5-16-39-73)100(74-40-17-6-18-41-74)104(79-46-31-47-80(66-79)111-113-93-58-29-30-59-95(93)115(111)82-50-25-10-26-51-82)110-87-56-33-54-85-106(87)105-84(53-32-55-86(105)109(103)110)107-101(75-42-19-7-20-43-75)97(71-34-11-3-12-35-71)98(72-36-13-4-14-37-72)102(108(85)107)76-44-21-8-22-45-76/h3-69H,1-2H3. The van der Waals surface area contributed by atoms with Crippen LogP contribution < -0.4 is 0 Å². The third kappa shape index (κ3) is 10.1. The molecule has 536 valence electrons. The van der Waals surface area contributed by atoms with Crippen LogP contribution in [0.15, 0.2) is 406 Å². The molecule has 0 saturated heterocycles. The summed E-state index contributed by atoms with van der Waals surface area (Å²) in [5.74, 6) is 0.874. The van der Waals surface area contributed by atoms with Crippen molar-refractivity contribution in [1.29, 1.82) is 0 Å². The van der Waals surface area contributed by atoms with E-state index < -0.39 is 0 Å². The van der Waals surface area contributed by atoms with Crippen LogP contribution in [-0.4, -0.2) is 14.1 Å². The van der Waals surface area contributed by atoms with Gasteiger partial charge in [0.25, 0.3) is 0 Å². The second kappa shape index (κ2) is 26.2. The van der Waals surface area contributed by atoms with Gasteiger partial charge in [-0.25, -0.2) is 4.98 Å². The monoisotopic (exact) mass is 1460 g/mol. The Labute approximate surface area is 667 Å². The summed E-state index contributed by atoms with van der Waals surface area (Å²) in [5.41, 5.74) is 33.6. The van der Waals surface area contributed by atoms with E-state index in [0.717, 1.165) is 106 Å². The molecule has 0 saturated carbocycles. The predicted octanol–water partition coefficient (Wildman–Crippen LogP) is 30.3. The van der Waals surface area contributed by atoms with E-state index in [2.05, 4.69) is 429 Å². The van der Waals surface area contributed by atoms with Crippen LogP contribution in [0, 0.1) is 0 Å². The van der Waals surface area contributed by atoms with E-state index in [9.17, 15) is 0 Å². The molecule has 3 heteroatoms. The minimum atomic E-state index is -0.155. The maximum atomic E-state index is 5.57. The quantitative estimate of drug-likeness (QED) is 0.0883. The molecule has 0 radical (unpaired) electrons. The van der Waals surface area contributed by atoms with Gasteiger partial charge in [0.1, 0.15) is 5.82 Å². The molecule has 0 unspecified atom stereocenters. The van der Waals surface area contributed by atoms with Crippen molar-refractivity contribution in [1.82, 2.24) is 14.1 Å². The third-order valence-electron chi connectivity index (χ3n) is 24.8. The Bertz CT molecular complexity index is 7640. The van der Waals surface area contributed by atoms with E-state index in [1.165, 1.54) is 126 Å². The number of benzene rings is 20. The van der Waals surface area contributed by atoms with Crippen LogP contribution in [0.3, 0.4) is 0 Å². The fourth-order valence-electron chi connectivity index (χ4n) is 19.9. The zero-order valence-corrected chi connectivity index (χ0v) is 63.5. The van der Waals surface area contributed by atoms with E-state index in [1.54, 1.807) is 0 Å². The number of fused-ring (bicyclic) bond motifs is 13. The van der Waals surface area contributed by atoms with Crippen molar-refractivity contribution >= 4 is 86.7 Å². The maximum Gasteiger partial charge on any atom is 0.145 e. The highest BCUT2D eigenvalue weighted by Crippen LogP contribution is 2.61. The SMILES string of the molecule is CC1(C)c2ccccc2-c2cc3c4cc(-c5ccc(-c6c(-c7ccccc7)c(-c7ccccc7)c(-c7cccc(-c8nc9ccccc9n8-c8ccccc8)c7)c7c8cccc9c%10c(-c%11ccccc%11)c(-c%11ccccc%11)c(-c%11ccccc%11)c(-c%11ccccc%11)c%10c%10cccc(c67)c%10c98)cc5)ccc4n(-c4ccccc4)c3cc21. The topological polar surface area (TPSA) is 22.8 Å². The van der Waals surface area contributed by atoms with Crippen LogP contribution >= 0.6 is 0 Å². The number of para-hydroxylation sites is 4. The fraction of sp³-hybridized carbons (Fsp3) is 0.0268. The van der Waals surface area contributed by atoms with Crippen molar-refractivity contribution in [3.63, 3.8) is 0 Å². The summed E-state index contributed by atoms with van der Waals surface area (Å²) in [4.78, 5) is 5.57. The van der Waals surface area contributed by atoms with Crippen molar-refractivity contribution in [3.05, 3.63) is 418 Å². The predicted molar refractivity (Wildman–Crippen MR) is 486 cm³/mol. The molecule has 0 amide bonds. The molecule has 22 aromatic rings. The average molecular weight is 1460 g/mol. The van der Waals surface area contributed by atoms with E-state index >= 15 is 0 Å². The van der Waals surface area contributed by atoms with Crippen LogP contribution in [0.2, 0.25) is 0 Å². The van der Waals surface area contributed by atoms with Crippen molar-refractivity contribution < 1.29 is 0 Å². The highest BCUT2D eigenvalue weighted by molar-refractivity contribution is 6.46. The Morgan fingerprint density at radius 1 is 0.200 bits per heavy atom. The first-order valence-corrected chi connectivity index (χ1v) is 40.0. The van der Waals surface area contributed by atoms with Crippen molar-refractivity contribution in [2.75, 3.05) is 0 Å². The zero-order valence-electron chi connectivity index (χ0n) is 63.5. The van der Waals surface area contributed by atoms with Crippen LogP contribution in [-0.2, 0) is 5.41 Å². The Hall–Kier alpha value is -14.8. The summed E-state index contributed by atoms with van der Waals surface area (Å²) in [5, 5.41) is 14.5. The highest BCUT2D eigenvalue weighted by Gasteiger charge is 2.38.